The van der Waals surface area contributed by atoms with E-state index in [9.17, 15) is 22.8 Å². The summed E-state index contributed by atoms with van der Waals surface area (Å²) in [5.41, 5.74) is 0.674. The van der Waals surface area contributed by atoms with Crippen molar-refractivity contribution in [2.24, 2.45) is 0 Å². The molecule has 2 heterocycles. The highest BCUT2D eigenvalue weighted by Crippen LogP contribution is 2.29. The van der Waals surface area contributed by atoms with E-state index in [1.807, 2.05) is 0 Å². The molecule has 168 valence electrons. The minimum Gasteiger partial charge on any atom is -0.457 e. The molecule has 1 aliphatic rings. The number of rotatable bonds is 4. The van der Waals surface area contributed by atoms with Crippen LogP contribution in [0.5, 0.6) is 5.75 Å². The first kappa shape index (κ1) is 22.6. The van der Waals surface area contributed by atoms with Gasteiger partial charge in [-0.05, 0) is 79.0 Å². The van der Waals surface area contributed by atoms with Gasteiger partial charge < -0.3 is 9.15 Å². The first-order valence-electron chi connectivity index (χ1n) is 9.24. The van der Waals surface area contributed by atoms with E-state index in [-0.39, 0.29) is 22.2 Å². The molecular formula is C22H12ClF3N2O4S. The summed E-state index contributed by atoms with van der Waals surface area (Å²) in [6.07, 6.45) is -3.53. The lowest BCUT2D eigenvalue weighted by atomic mass is 10.1. The van der Waals surface area contributed by atoms with Gasteiger partial charge in [0.2, 0.25) is 0 Å². The SMILES string of the molecule is O=C1NC(=S)N(c2ccc(Cl)cc2)C(=O)C1=Cc1ccc(-c2ccc(OC(F)(F)F)cc2)o1. The first-order chi connectivity index (χ1) is 15.6. The predicted molar refractivity (Wildman–Crippen MR) is 118 cm³/mol. The quantitative estimate of drug-likeness (QED) is 0.303. The highest BCUT2D eigenvalue weighted by molar-refractivity contribution is 7.80. The second-order valence-corrected chi connectivity index (χ2v) is 7.53. The molecule has 0 bridgehead atoms. The Morgan fingerprint density at radius 2 is 1.67 bits per heavy atom. The minimum absolute atomic E-state index is 0.0780. The average Bonchev–Trinajstić information content (AvgIpc) is 3.20. The summed E-state index contributed by atoms with van der Waals surface area (Å²) in [6.45, 7) is 0. The molecule has 2 aromatic carbocycles. The number of benzene rings is 2. The smallest absolute Gasteiger partial charge is 0.457 e. The molecular weight excluding hydrogens is 481 g/mol. The van der Waals surface area contributed by atoms with Gasteiger partial charge in [0.1, 0.15) is 22.8 Å². The van der Waals surface area contributed by atoms with Crippen molar-refractivity contribution in [2.75, 3.05) is 4.90 Å². The lowest BCUT2D eigenvalue weighted by molar-refractivity contribution is -0.274. The van der Waals surface area contributed by atoms with E-state index in [4.69, 9.17) is 28.2 Å². The zero-order valence-corrected chi connectivity index (χ0v) is 17.9. The molecule has 1 fully saturated rings. The molecule has 6 nitrogen and oxygen atoms in total. The van der Waals surface area contributed by atoms with E-state index in [2.05, 4.69) is 10.1 Å². The Kier molecular flexibility index (Phi) is 5.96. The molecule has 0 atom stereocenters. The van der Waals surface area contributed by atoms with Gasteiger partial charge in [-0.3, -0.25) is 19.8 Å². The van der Waals surface area contributed by atoms with E-state index >= 15 is 0 Å². The molecule has 0 aliphatic carbocycles. The van der Waals surface area contributed by atoms with Crippen LogP contribution in [-0.4, -0.2) is 23.3 Å². The average molecular weight is 493 g/mol. The zero-order valence-electron chi connectivity index (χ0n) is 16.4. The number of nitrogens with one attached hydrogen (secondary N) is 1. The molecule has 1 saturated heterocycles. The molecule has 1 N–H and O–H groups in total. The van der Waals surface area contributed by atoms with E-state index in [0.29, 0.717) is 22.0 Å². The van der Waals surface area contributed by atoms with Crippen LogP contribution in [0, 0.1) is 0 Å². The number of alkyl halides is 3. The maximum atomic E-state index is 13.0. The normalized spacial score (nSPS) is 15.7. The van der Waals surface area contributed by atoms with Crippen LogP contribution in [0.1, 0.15) is 5.76 Å². The number of hydrogen-bond donors (Lipinski definition) is 1. The van der Waals surface area contributed by atoms with Crippen molar-refractivity contribution in [3.8, 4) is 17.1 Å². The zero-order chi connectivity index (χ0) is 23.8. The van der Waals surface area contributed by atoms with Crippen LogP contribution in [0.25, 0.3) is 17.4 Å². The lowest BCUT2D eigenvalue weighted by Gasteiger charge is -2.28. The van der Waals surface area contributed by atoms with Gasteiger partial charge in [-0.15, -0.1) is 13.2 Å². The molecule has 0 spiro atoms. The fourth-order valence-corrected chi connectivity index (χ4v) is 3.44. The van der Waals surface area contributed by atoms with Crippen LogP contribution >= 0.6 is 23.8 Å². The van der Waals surface area contributed by atoms with Crippen LogP contribution in [0.4, 0.5) is 18.9 Å². The van der Waals surface area contributed by atoms with Crippen LogP contribution in [0.15, 0.2) is 70.7 Å². The molecule has 2 amide bonds. The standard InChI is InChI=1S/C22H12ClF3N2O4S/c23-13-3-5-14(6-4-13)28-20(30)17(19(29)27-21(28)33)11-16-9-10-18(31-16)12-1-7-15(8-2-12)32-22(24,25)26/h1-11H,(H,27,29,33). The van der Waals surface area contributed by atoms with E-state index in [1.165, 1.54) is 24.3 Å². The van der Waals surface area contributed by atoms with Crippen molar-refractivity contribution in [1.82, 2.24) is 5.32 Å². The second-order valence-electron chi connectivity index (χ2n) is 6.71. The number of furan rings is 1. The van der Waals surface area contributed by atoms with E-state index in [1.54, 1.807) is 30.3 Å². The maximum Gasteiger partial charge on any atom is 0.573 e. The van der Waals surface area contributed by atoms with Gasteiger partial charge >= 0.3 is 6.36 Å². The summed E-state index contributed by atoms with van der Waals surface area (Å²) in [4.78, 5) is 26.5. The number of halogens is 4. The molecule has 4 rings (SSSR count). The third kappa shape index (κ3) is 5.07. The third-order valence-corrected chi connectivity index (χ3v) is 5.01. The molecule has 33 heavy (non-hydrogen) atoms. The summed E-state index contributed by atoms with van der Waals surface area (Å²) < 4.78 is 46.4. The molecule has 1 aromatic heterocycles. The maximum absolute atomic E-state index is 13.0. The van der Waals surface area contributed by atoms with Crippen molar-refractivity contribution >= 4 is 52.5 Å². The fourth-order valence-electron chi connectivity index (χ4n) is 3.03. The van der Waals surface area contributed by atoms with Gasteiger partial charge in [-0.25, -0.2) is 0 Å². The summed E-state index contributed by atoms with van der Waals surface area (Å²) in [5, 5.41) is 2.85. The van der Waals surface area contributed by atoms with Crippen molar-refractivity contribution < 1.29 is 31.9 Å². The van der Waals surface area contributed by atoms with Gasteiger partial charge in [-0.2, -0.15) is 0 Å². The first-order valence-corrected chi connectivity index (χ1v) is 10.0. The van der Waals surface area contributed by atoms with Gasteiger partial charge in [-0.1, -0.05) is 11.6 Å². The highest BCUT2D eigenvalue weighted by Gasteiger charge is 2.35. The van der Waals surface area contributed by atoms with Crippen molar-refractivity contribution in [3.63, 3.8) is 0 Å². The van der Waals surface area contributed by atoms with Gasteiger partial charge in [0.25, 0.3) is 11.8 Å². The number of carbonyl (C=O) groups is 2. The number of carbonyl (C=O) groups excluding carboxylic acids is 2. The number of anilines is 1. The number of amides is 2. The van der Waals surface area contributed by atoms with Crippen LogP contribution in [0.3, 0.4) is 0 Å². The second kappa shape index (κ2) is 8.72. The Balaban J connectivity index is 1.58. The largest absolute Gasteiger partial charge is 0.573 e. The number of ether oxygens (including phenoxy) is 1. The Bertz CT molecular complexity index is 1270. The lowest BCUT2D eigenvalue weighted by Crippen LogP contribution is -2.54. The van der Waals surface area contributed by atoms with Crippen LogP contribution < -0.4 is 15.0 Å². The minimum atomic E-state index is -4.79. The summed E-state index contributed by atoms with van der Waals surface area (Å²) in [5.74, 6) is -1.22. The Morgan fingerprint density at radius 3 is 2.30 bits per heavy atom. The molecule has 0 radical (unpaired) electrons. The Labute approximate surface area is 195 Å². The molecule has 11 heteroatoms. The van der Waals surface area contributed by atoms with E-state index in [0.717, 1.165) is 17.0 Å². The Morgan fingerprint density at radius 1 is 1.00 bits per heavy atom. The summed E-state index contributed by atoms with van der Waals surface area (Å²) in [7, 11) is 0. The van der Waals surface area contributed by atoms with Crippen LogP contribution in [-0.2, 0) is 9.59 Å². The monoisotopic (exact) mass is 492 g/mol. The predicted octanol–water partition coefficient (Wildman–Crippen LogP) is 5.33. The third-order valence-electron chi connectivity index (χ3n) is 4.47. The van der Waals surface area contributed by atoms with Crippen molar-refractivity contribution in [3.05, 3.63) is 77.0 Å². The summed E-state index contributed by atoms with van der Waals surface area (Å²) >= 11 is 11.0. The van der Waals surface area contributed by atoms with Gasteiger partial charge in [0, 0.05) is 10.6 Å². The van der Waals surface area contributed by atoms with Crippen LogP contribution in [0.2, 0.25) is 5.02 Å². The highest BCUT2D eigenvalue weighted by atomic mass is 35.5. The van der Waals surface area contributed by atoms with E-state index < -0.39 is 18.2 Å². The number of thiocarbonyl (C=S) groups is 1. The van der Waals surface area contributed by atoms with Crippen molar-refractivity contribution in [2.45, 2.75) is 6.36 Å². The fraction of sp³-hybridized carbons (Fsp3) is 0.0455. The molecule has 3 aromatic rings. The number of nitrogens with zero attached hydrogens (tertiary/aromatic N) is 1. The molecule has 0 saturated carbocycles. The summed E-state index contributed by atoms with van der Waals surface area (Å²) in [6, 6.07) is 14.5. The number of hydrogen-bond acceptors (Lipinski definition) is 5. The van der Waals surface area contributed by atoms with Crippen molar-refractivity contribution in [1.29, 1.82) is 0 Å². The topological polar surface area (TPSA) is 71.8 Å². The molecule has 0 unspecified atom stereocenters. The Hall–Kier alpha value is -3.63. The van der Waals surface area contributed by atoms with Gasteiger partial charge in [0.05, 0.1) is 5.69 Å². The van der Waals surface area contributed by atoms with Gasteiger partial charge in [0.15, 0.2) is 5.11 Å². The molecule has 1 aliphatic heterocycles.